The van der Waals surface area contributed by atoms with Gasteiger partial charge in [-0.2, -0.15) is 5.10 Å². The fourth-order valence-corrected chi connectivity index (χ4v) is 1.09. The molecule has 0 saturated heterocycles. The van der Waals surface area contributed by atoms with Gasteiger partial charge in [0.2, 0.25) is 0 Å². The van der Waals surface area contributed by atoms with Crippen molar-refractivity contribution in [2.75, 3.05) is 13.7 Å². The number of hydrogen-bond donors (Lipinski definition) is 4. The Kier molecular flexibility index (Phi) is 3.78. The Hall–Kier alpha value is -1.44. The van der Waals surface area contributed by atoms with E-state index in [-0.39, 0.29) is 11.3 Å². The molecule has 2 unspecified atom stereocenters. The Bertz CT molecular complexity index is 338. The van der Waals surface area contributed by atoms with Crippen LogP contribution in [0.1, 0.15) is 22.2 Å². The molecule has 0 saturated carbocycles. The largest absolute Gasteiger partial charge is 0.464 e. The molecule has 0 aromatic carbocycles. The van der Waals surface area contributed by atoms with E-state index in [1.807, 2.05) is 0 Å². The molecule has 7 nitrogen and oxygen atoms in total. The van der Waals surface area contributed by atoms with Gasteiger partial charge in [0, 0.05) is 5.56 Å². The SMILES string of the molecule is COC(=O)c1[nH]ncc1C(O)C(O)CO. The topological polar surface area (TPSA) is 116 Å². The number of H-pyrrole nitrogens is 1. The quantitative estimate of drug-likeness (QED) is 0.459. The lowest BCUT2D eigenvalue weighted by atomic mass is 10.1. The number of aliphatic hydroxyl groups excluding tert-OH is 3. The third kappa shape index (κ3) is 2.32. The first-order valence-electron chi connectivity index (χ1n) is 4.20. The van der Waals surface area contributed by atoms with Crippen molar-refractivity contribution < 1.29 is 24.9 Å². The number of aromatic nitrogens is 2. The summed E-state index contributed by atoms with van der Waals surface area (Å²) in [5, 5.41) is 33.2. The van der Waals surface area contributed by atoms with Crippen LogP contribution in [-0.4, -0.2) is 51.3 Å². The van der Waals surface area contributed by atoms with E-state index in [4.69, 9.17) is 5.11 Å². The zero-order valence-corrected chi connectivity index (χ0v) is 8.04. The average molecular weight is 216 g/mol. The second kappa shape index (κ2) is 4.87. The summed E-state index contributed by atoms with van der Waals surface area (Å²) in [6.07, 6.45) is -1.57. The number of aromatic amines is 1. The molecule has 0 radical (unpaired) electrons. The van der Waals surface area contributed by atoms with Gasteiger partial charge >= 0.3 is 5.97 Å². The first-order valence-corrected chi connectivity index (χ1v) is 4.20. The number of rotatable bonds is 4. The molecule has 1 rings (SSSR count). The molecule has 0 fully saturated rings. The number of hydrogen-bond acceptors (Lipinski definition) is 6. The van der Waals surface area contributed by atoms with Crippen molar-refractivity contribution in [2.45, 2.75) is 12.2 Å². The zero-order valence-electron chi connectivity index (χ0n) is 8.04. The molecule has 0 aliphatic heterocycles. The first kappa shape index (κ1) is 11.6. The maximum atomic E-state index is 11.2. The highest BCUT2D eigenvalue weighted by Gasteiger charge is 2.25. The van der Waals surface area contributed by atoms with E-state index in [2.05, 4.69) is 14.9 Å². The van der Waals surface area contributed by atoms with Crippen LogP contribution in [0.3, 0.4) is 0 Å². The Morgan fingerprint density at radius 2 is 2.33 bits per heavy atom. The van der Waals surface area contributed by atoms with Crippen LogP contribution in [0.25, 0.3) is 0 Å². The molecule has 7 heteroatoms. The molecule has 0 aliphatic rings. The van der Waals surface area contributed by atoms with E-state index in [1.54, 1.807) is 0 Å². The number of nitrogens with zero attached hydrogens (tertiary/aromatic N) is 1. The molecule has 1 aromatic rings. The van der Waals surface area contributed by atoms with Gasteiger partial charge in [-0.15, -0.1) is 0 Å². The molecule has 4 N–H and O–H groups in total. The van der Waals surface area contributed by atoms with E-state index in [1.165, 1.54) is 13.3 Å². The summed E-state index contributed by atoms with van der Waals surface area (Å²) >= 11 is 0. The van der Waals surface area contributed by atoms with Crippen molar-refractivity contribution in [1.82, 2.24) is 10.2 Å². The van der Waals surface area contributed by atoms with Crippen molar-refractivity contribution in [3.8, 4) is 0 Å². The highest BCUT2D eigenvalue weighted by Crippen LogP contribution is 2.19. The first-order chi connectivity index (χ1) is 7.11. The highest BCUT2D eigenvalue weighted by atomic mass is 16.5. The van der Waals surface area contributed by atoms with E-state index < -0.39 is 24.8 Å². The Morgan fingerprint density at radius 1 is 1.67 bits per heavy atom. The maximum Gasteiger partial charge on any atom is 0.356 e. The minimum Gasteiger partial charge on any atom is -0.464 e. The van der Waals surface area contributed by atoms with Gasteiger partial charge in [-0.3, -0.25) is 5.10 Å². The van der Waals surface area contributed by atoms with Crippen molar-refractivity contribution in [2.24, 2.45) is 0 Å². The van der Waals surface area contributed by atoms with E-state index in [9.17, 15) is 15.0 Å². The van der Waals surface area contributed by atoms with E-state index in [0.29, 0.717) is 0 Å². The number of nitrogens with one attached hydrogen (secondary N) is 1. The summed E-state index contributed by atoms with van der Waals surface area (Å²) in [6.45, 7) is -0.618. The van der Waals surface area contributed by atoms with Gasteiger partial charge in [0.05, 0.1) is 19.9 Å². The summed E-state index contributed by atoms with van der Waals surface area (Å²) in [4.78, 5) is 11.2. The molecule has 1 aromatic heterocycles. The van der Waals surface area contributed by atoms with Crippen molar-refractivity contribution in [3.05, 3.63) is 17.5 Å². The van der Waals surface area contributed by atoms with Crippen LogP contribution in [-0.2, 0) is 4.74 Å². The van der Waals surface area contributed by atoms with Crippen LogP contribution in [0.5, 0.6) is 0 Å². The van der Waals surface area contributed by atoms with Gasteiger partial charge in [-0.1, -0.05) is 0 Å². The number of carbonyl (C=O) groups excluding carboxylic acids is 1. The Labute approximate surface area is 85.3 Å². The minimum atomic E-state index is -1.39. The molecular formula is C8H12N2O5. The second-order valence-electron chi connectivity index (χ2n) is 2.89. The number of ether oxygens (including phenoxy) is 1. The zero-order chi connectivity index (χ0) is 11.4. The summed E-state index contributed by atoms with van der Waals surface area (Å²) in [6, 6.07) is 0. The summed E-state index contributed by atoms with van der Waals surface area (Å²) in [5.74, 6) is -0.702. The van der Waals surface area contributed by atoms with Gasteiger partial charge in [0.15, 0.2) is 0 Å². The van der Waals surface area contributed by atoms with Gasteiger partial charge in [0.1, 0.15) is 17.9 Å². The standard InChI is InChI=1S/C8H12N2O5/c1-15-8(14)6-4(2-9-10-6)7(13)5(12)3-11/h2,5,7,11-13H,3H2,1H3,(H,9,10). The lowest BCUT2D eigenvalue weighted by molar-refractivity contribution is -0.0158. The normalized spacial score (nSPS) is 14.7. The van der Waals surface area contributed by atoms with Crippen LogP contribution in [0.4, 0.5) is 0 Å². The molecular weight excluding hydrogens is 204 g/mol. The molecule has 15 heavy (non-hydrogen) atoms. The Balaban J connectivity index is 2.94. The van der Waals surface area contributed by atoms with Gasteiger partial charge in [0.25, 0.3) is 0 Å². The molecule has 1 heterocycles. The highest BCUT2D eigenvalue weighted by molar-refractivity contribution is 5.88. The molecule has 0 amide bonds. The molecule has 2 atom stereocenters. The average Bonchev–Trinajstić information content (AvgIpc) is 2.74. The van der Waals surface area contributed by atoms with Crippen molar-refractivity contribution in [3.63, 3.8) is 0 Å². The third-order valence-electron chi connectivity index (χ3n) is 1.93. The van der Waals surface area contributed by atoms with Crippen LogP contribution in [0.2, 0.25) is 0 Å². The van der Waals surface area contributed by atoms with Crippen LogP contribution in [0, 0.1) is 0 Å². The monoisotopic (exact) mass is 216 g/mol. The van der Waals surface area contributed by atoms with Gasteiger partial charge < -0.3 is 20.1 Å². The molecule has 0 bridgehead atoms. The van der Waals surface area contributed by atoms with Gasteiger partial charge in [-0.25, -0.2) is 4.79 Å². The Morgan fingerprint density at radius 3 is 2.87 bits per heavy atom. The molecule has 84 valence electrons. The second-order valence-corrected chi connectivity index (χ2v) is 2.89. The number of carbonyl (C=O) groups is 1. The summed E-state index contributed by atoms with van der Waals surface area (Å²) in [7, 11) is 1.18. The predicted molar refractivity (Wildman–Crippen MR) is 48.0 cm³/mol. The lowest BCUT2D eigenvalue weighted by Gasteiger charge is -2.14. The molecule has 0 spiro atoms. The fourth-order valence-electron chi connectivity index (χ4n) is 1.09. The van der Waals surface area contributed by atoms with Gasteiger partial charge in [-0.05, 0) is 0 Å². The summed E-state index contributed by atoms with van der Waals surface area (Å²) in [5.41, 5.74) is 0.0425. The minimum absolute atomic E-state index is 0.0440. The smallest absolute Gasteiger partial charge is 0.356 e. The van der Waals surface area contributed by atoms with Crippen LogP contribution in [0.15, 0.2) is 6.20 Å². The number of esters is 1. The summed E-state index contributed by atoms with van der Waals surface area (Å²) < 4.78 is 4.43. The fraction of sp³-hybridized carbons (Fsp3) is 0.500. The lowest BCUT2D eigenvalue weighted by Crippen LogP contribution is -2.23. The predicted octanol–water partition coefficient (Wildman–Crippen LogP) is -1.42. The maximum absolute atomic E-state index is 11.2. The third-order valence-corrected chi connectivity index (χ3v) is 1.93. The van der Waals surface area contributed by atoms with Crippen LogP contribution >= 0.6 is 0 Å². The van der Waals surface area contributed by atoms with Crippen LogP contribution < -0.4 is 0 Å². The van der Waals surface area contributed by atoms with E-state index >= 15 is 0 Å². The van der Waals surface area contributed by atoms with Crippen molar-refractivity contribution in [1.29, 1.82) is 0 Å². The number of methoxy groups -OCH3 is 1. The number of aliphatic hydroxyl groups is 3. The molecule has 0 aliphatic carbocycles. The van der Waals surface area contributed by atoms with E-state index in [0.717, 1.165) is 0 Å². The van der Waals surface area contributed by atoms with Crippen molar-refractivity contribution >= 4 is 5.97 Å².